The second-order valence-corrected chi connectivity index (χ2v) is 9.25. The van der Waals surface area contributed by atoms with Crippen LogP contribution in [0.3, 0.4) is 0 Å². The number of halogens is 1. The van der Waals surface area contributed by atoms with Gasteiger partial charge in [0.1, 0.15) is 5.76 Å². The molecule has 0 radical (unpaired) electrons. The number of anilines is 1. The molecule has 1 aromatic heterocycles. The first kappa shape index (κ1) is 23.2. The van der Waals surface area contributed by atoms with E-state index in [4.69, 9.17) is 16.1 Å². The lowest BCUT2D eigenvalue weighted by atomic mass is 10.2. The molecule has 1 N–H and O–H groups in total. The van der Waals surface area contributed by atoms with Crippen molar-refractivity contribution in [3.05, 3.63) is 76.6 Å². The van der Waals surface area contributed by atoms with Crippen molar-refractivity contribution in [2.45, 2.75) is 24.0 Å². The normalized spacial score (nSPS) is 14.1. The van der Waals surface area contributed by atoms with Crippen molar-refractivity contribution in [1.82, 2.24) is 15.0 Å². The Balaban J connectivity index is 1.38. The van der Waals surface area contributed by atoms with Crippen LogP contribution in [0.2, 0.25) is 5.02 Å². The molecule has 0 atom stereocenters. The van der Waals surface area contributed by atoms with E-state index in [1.807, 2.05) is 42.2 Å². The molecule has 0 aliphatic carbocycles. The SMILES string of the molecule is Cc1cc(CSc2ccccc2C(=O)N2CCCN(C(=O)Nc3cccc(Cl)c3)CC2)on1. The van der Waals surface area contributed by atoms with Gasteiger partial charge in [-0.15, -0.1) is 11.8 Å². The Labute approximate surface area is 202 Å². The number of carbonyl (C=O) groups excluding carboxylic acids is 2. The quantitative estimate of drug-likeness (QED) is 0.496. The van der Waals surface area contributed by atoms with E-state index in [9.17, 15) is 9.59 Å². The lowest BCUT2D eigenvalue weighted by Gasteiger charge is -2.23. The minimum Gasteiger partial charge on any atom is -0.360 e. The van der Waals surface area contributed by atoms with Gasteiger partial charge in [-0.1, -0.05) is 35.0 Å². The molecular formula is C24H25ClN4O3S. The van der Waals surface area contributed by atoms with Crippen LogP contribution in [0.4, 0.5) is 10.5 Å². The molecule has 172 valence electrons. The van der Waals surface area contributed by atoms with Crippen molar-refractivity contribution in [1.29, 1.82) is 0 Å². The summed E-state index contributed by atoms with van der Waals surface area (Å²) in [6.45, 7) is 4.00. The molecule has 1 aliphatic rings. The van der Waals surface area contributed by atoms with Crippen LogP contribution in [0, 0.1) is 6.92 Å². The zero-order valence-corrected chi connectivity index (χ0v) is 19.9. The van der Waals surface area contributed by atoms with Crippen LogP contribution < -0.4 is 5.32 Å². The fraction of sp³-hybridized carbons (Fsp3) is 0.292. The van der Waals surface area contributed by atoms with E-state index >= 15 is 0 Å². The van der Waals surface area contributed by atoms with Gasteiger partial charge in [-0.3, -0.25) is 4.79 Å². The maximum atomic E-state index is 13.3. The summed E-state index contributed by atoms with van der Waals surface area (Å²) in [4.78, 5) is 30.5. The summed E-state index contributed by atoms with van der Waals surface area (Å²) in [6, 6.07) is 16.4. The van der Waals surface area contributed by atoms with Crippen LogP contribution in [0.5, 0.6) is 0 Å². The predicted molar refractivity (Wildman–Crippen MR) is 130 cm³/mol. The smallest absolute Gasteiger partial charge is 0.321 e. The van der Waals surface area contributed by atoms with E-state index < -0.39 is 0 Å². The second kappa shape index (κ2) is 10.8. The van der Waals surface area contributed by atoms with Gasteiger partial charge in [0.2, 0.25) is 0 Å². The molecule has 2 aromatic carbocycles. The van der Waals surface area contributed by atoms with Crippen LogP contribution in [0.1, 0.15) is 28.2 Å². The molecule has 7 nitrogen and oxygen atoms in total. The fourth-order valence-electron chi connectivity index (χ4n) is 3.67. The molecule has 0 bridgehead atoms. The number of carbonyl (C=O) groups is 2. The number of amides is 3. The lowest BCUT2D eigenvalue weighted by Crippen LogP contribution is -2.39. The predicted octanol–water partition coefficient (Wildman–Crippen LogP) is 5.31. The van der Waals surface area contributed by atoms with Crippen molar-refractivity contribution in [2.75, 3.05) is 31.5 Å². The number of thioether (sulfide) groups is 1. The first-order chi connectivity index (χ1) is 16.0. The third kappa shape index (κ3) is 6.09. The van der Waals surface area contributed by atoms with Gasteiger partial charge in [-0.25, -0.2) is 4.79 Å². The average molecular weight is 485 g/mol. The molecule has 0 unspecified atom stereocenters. The van der Waals surface area contributed by atoms with E-state index in [-0.39, 0.29) is 11.9 Å². The zero-order valence-electron chi connectivity index (χ0n) is 18.3. The van der Waals surface area contributed by atoms with Gasteiger partial charge in [0.25, 0.3) is 5.91 Å². The highest BCUT2D eigenvalue weighted by atomic mass is 35.5. The van der Waals surface area contributed by atoms with Gasteiger partial charge < -0.3 is 19.6 Å². The minimum absolute atomic E-state index is 0.0241. The van der Waals surface area contributed by atoms with E-state index in [1.165, 1.54) is 0 Å². The Morgan fingerprint density at radius 2 is 1.85 bits per heavy atom. The fourth-order valence-corrected chi connectivity index (χ4v) is 4.77. The van der Waals surface area contributed by atoms with Gasteiger partial charge in [0, 0.05) is 47.9 Å². The number of rotatable bonds is 5. The van der Waals surface area contributed by atoms with E-state index in [2.05, 4.69) is 10.5 Å². The Bertz CT molecular complexity index is 1140. The molecule has 9 heteroatoms. The first-order valence-corrected chi connectivity index (χ1v) is 12.1. The Morgan fingerprint density at radius 3 is 2.64 bits per heavy atom. The van der Waals surface area contributed by atoms with Crippen molar-refractivity contribution in [3.63, 3.8) is 0 Å². The Morgan fingerprint density at radius 1 is 1.06 bits per heavy atom. The minimum atomic E-state index is -0.190. The molecule has 1 saturated heterocycles. The number of aryl methyl sites for hydroxylation is 1. The molecule has 1 aliphatic heterocycles. The molecule has 1 fully saturated rings. The summed E-state index contributed by atoms with van der Waals surface area (Å²) in [5.41, 5.74) is 2.15. The van der Waals surface area contributed by atoms with Gasteiger partial charge in [-0.05, 0) is 43.7 Å². The van der Waals surface area contributed by atoms with Crippen molar-refractivity contribution < 1.29 is 14.1 Å². The van der Waals surface area contributed by atoms with Gasteiger partial charge >= 0.3 is 6.03 Å². The topological polar surface area (TPSA) is 78.7 Å². The van der Waals surface area contributed by atoms with Crippen LogP contribution >= 0.6 is 23.4 Å². The van der Waals surface area contributed by atoms with Gasteiger partial charge in [-0.2, -0.15) is 0 Å². The van der Waals surface area contributed by atoms with Gasteiger partial charge in [0.15, 0.2) is 0 Å². The van der Waals surface area contributed by atoms with Crippen molar-refractivity contribution in [2.24, 2.45) is 0 Å². The largest absolute Gasteiger partial charge is 0.360 e. The molecule has 3 amide bonds. The van der Waals surface area contributed by atoms with Gasteiger partial charge in [0.05, 0.1) is 17.0 Å². The van der Waals surface area contributed by atoms with E-state index in [0.717, 1.165) is 16.3 Å². The van der Waals surface area contributed by atoms with Crippen LogP contribution in [0.15, 0.2) is 64.0 Å². The lowest BCUT2D eigenvalue weighted by molar-refractivity contribution is 0.0759. The molecule has 33 heavy (non-hydrogen) atoms. The number of aromatic nitrogens is 1. The summed E-state index contributed by atoms with van der Waals surface area (Å²) in [7, 11) is 0. The zero-order chi connectivity index (χ0) is 23.2. The molecule has 2 heterocycles. The summed E-state index contributed by atoms with van der Waals surface area (Å²) in [6.07, 6.45) is 0.710. The van der Waals surface area contributed by atoms with Crippen LogP contribution in [-0.4, -0.2) is 53.1 Å². The third-order valence-electron chi connectivity index (χ3n) is 5.31. The van der Waals surface area contributed by atoms with Crippen molar-refractivity contribution in [3.8, 4) is 0 Å². The summed E-state index contributed by atoms with van der Waals surface area (Å²) >= 11 is 7.56. The number of urea groups is 1. The monoisotopic (exact) mass is 484 g/mol. The summed E-state index contributed by atoms with van der Waals surface area (Å²) < 4.78 is 5.29. The highest BCUT2D eigenvalue weighted by Crippen LogP contribution is 2.28. The van der Waals surface area contributed by atoms with Crippen LogP contribution in [-0.2, 0) is 5.75 Å². The second-order valence-electron chi connectivity index (χ2n) is 7.79. The number of hydrogen-bond donors (Lipinski definition) is 1. The molecule has 0 saturated carbocycles. The highest BCUT2D eigenvalue weighted by molar-refractivity contribution is 7.98. The molecule has 4 rings (SSSR count). The van der Waals surface area contributed by atoms with E-state index in [0.29, 0.717) is 54.6 Å². The van der Waals surface area contributed by atoms with E-state index in [1.54, 1.807) is 40.9 Å². The molecule has 0 spiro atoms. The molecular weight excluding hydrogens is 460 g/mol. The number of benzene rings is 2. The summed E-state index contributed by atoms with van der Waals surface area (Å²) in [5.74, 6) is 1.35. The Hall–Kier alpha value is -2.97. The van der Waals surface area contributed by atoms with Crippen molar-refractivity contribution >= 4 is 41.0 Å². The highest BCUT2D eigenvalue weighted by Gasteiger charge is 2.24. The number of hydrogen-bond acceptors (Lipinski definition) is 5. The Kier molecular flexibility index (Phi) is 7.57. The van der Waals surface area contributed by atoms with Crippen LogP contribution in [0.25, 0.3) is 0 Å². The molecule has 3 aromatic rings. The number of nitrogens with one attached hydrogen (secondary N) is 1. The average Bonchev–Trinajstić information content (AvgIpc) is 3.07. The maximum absolute atomic E-state index is 13.3. The number of nitrogens with zero attached hydrogens (tertiary/aromatic N) is 3. The maximum Gasteiger partial charge on any atom is 0.321 e. The standard InChI is InChI=1S/C24H25ClN4O3S/c1-17-14-20(32-27-17)16-33-22-9-3-2-8-21(22)23(30)28-10-5-11-29(13-12-28)24(31)26-19-7-4-6-18(25)15-19/h2-4,6-9,14-15H,5,10-13,16H2,1H3,(H,26,31). The third-order valence-corrected chi connectivity index (χ3v) is 6.64. The summed E-state index contributed by atoms with van der Waals surface area (Å²) in [5, 5.41) is 7.36. The first-order valence-electron chi connectivity index (χ1n) is 10.7.